The van der Waals surface area contributed by atoms with Crippen LogP contribution in [-0.2, 0) is 9.84 Å². The van der Waals surface area contributed by atoms with Crippen molar-refractivity contribution in [1.29, 1.82) is 0 Å². The molecule has 0 aliphatic heterocycles. The molecule has 0 unspecified atom stereocenters. The quantitative estimate of drug-likeness (QED) is 0.929. The Morgan fingerprint density at radius 3 is 2.67 bits per heavy atom. The van der Waals surface area contributed by atoms with Crippen molar-refractivity contribution in [2.75, 3.05) is 23.9 Å². The van der Waals surface area contributed by atoms with Gasteiger partial charge in [-0.2, -0.15) is 0 Å². The molecule has 1 aromatic rings. The van der Waals surface area contributed by atoms with Gasteiger partial charge in [-0.15, -0.1) is 0 Å². The van der Waals surface area contributed by atoms with Crippen LogP contribution in [0.4, 0.5) is 5.69 Å². The van der Waals surface area contributed by atoms with E-state index in [0.29, 0.717) is 11.6 Å². The lowest BCUT2D eigenvalue weighted by molar-refractivity contribution is 0.602. The largest absolute Gasteiger partial charge is 0.384 e. The van der Waals surface area contributed by atoms with E-state index < -0.39 is 9.84 Å². The first kappa shape index (κ1) is 12.8. The van der Waals surface area contributed by atoms with Gasteiger partial charge in [-0.1, -0.05) is 11.6 Å². The van der Waals surface area contributed by atoms with Crippen LogP contribution in [-0.4, -0.2) is 27.0 Å². The van der Waals surface area contributed by atoms with E-state index in [1.165, 1.54) is 6.26 Å². The molecular weight excluding hydrogens is 302 g/mol. The molecule has 0 aliphatic carbocycles. The summed E-state index contributed by atoms with van der Waals surface area (Å²) in [6.07, 6.45) is 1.21. The Bertz CT molecular complexity index is 447. The molecule has 0 amide bonds. The van der Waals surface area contributed by atoms with Crippen LogP contribution >= 0.6 is 27.5 Å². The van der Waals surface area contributed by atoms with Crippen LogP contribution in [0.3, 0.4) is 0 Å². The minimum atomic E-state index is -2.92. The van der Waals surface area contributed by atoms with Crippen LogP contribution in [0.5, 0.6) is 0 Å². The van der Waals surface area contributed by atoms with Gasteiger partial charge in [-0.3, -0.25) is 0 Å². The highest BCUT2D eigenvalue weighted by Gasteiger charge is 2.02. The Hall–Kier alpha value is -0.260. The molecular formula is C9H11BrClNO2S. The Morgan fingerprint density at radius 2 is 2.13 bits per heavy atom. The first-order valence-electron chi connectivity index (χ1n) is 4.25. The third-order valence-corrected chi connectivity index (χ3v) is 3.90. The number of sulfone groups is 1. The van der Waals surface area contributed by atoms with Crippen LogP contribution in [0.25, 0.3) is 0 Å². The topological polar surface area (TPSA) is 46.2 Å². The fraction of sp³-hybridized carbons (Fsp3) is 0.333. The predicted octanol–water partition coefficient (Wildman–Crippen LogP) is 2.56. The van der Waals surface area contributed by atoms with Gasteiger partial charge in [0, 0.05) is 23.0 Å². The number of nitrogens with one attached hydrogen (secondary N) is 1. The van der Waals surface area contributed by atoms with E-state index in [1.54, 1.807) is 6.07 Å². The summed E-state index contributed by atoms with van der Waals surface area (Å²) >= 11 is 9.15. The van der Waals surface area contributed by atoms with Crippen molar-refractivity contribution < 1.29 is 8.42 Å². The number of hydrogen-bond acceptors (Lipinski definition) is 3. The second kappa shape index (κ2) is 5.18. The third kappa shape index (κ3) is 4.86. The number of anilines is 1. The van der Waals surface area contributed by atoms with E-state index in [2.05, 4.69) is 21.2 Å². The summed E-state index contributed by atoms with van der Waals surface area (Å²) in [6, 6.07) is 5.39. The van der Waals surface area contributed by atoms with Gasteiger partial charge >= 0.3 is 0 Å². The van der Waals surface area contributed by atoms with Crippen LogP contribution in [0.15, 0.2) is 22.7 Å². The summed E-state index contributed by atoms with van der Waals surface area (Å²) in [5.74, 6) is 0.112. The zero-order valence-electron chi connectivity index (χ0n) is 8.13. The van der Waals surface area contributed by atoms with Crippen molar-refractivity contribution >= 4 is 43.1 Å². The van der Waals surface area contributed by atoms with Crippen LogP contribution < -0.4 is 5.32 Å². The lowest BCUT2D eigenvalue weighted by Gasteiger charge is -2.06. The maximum atomic E-state index is 10.9. The molecule has 0 radical (unpaired) electrons. The Morgan fingerprint density at radius 1 is 1.47 bits per heavy atom. The first-order chi connectivity index (χ1) is 6.88. The number of benzene rings is 1. The van der Waals surface area contributed by atoms with Crippen LogP contribution in [0.1, 0.15) is 0 Å². The van der Waals surface area contributed by atoms with Crippen molar-refractivity contribution in [3.05, 3.63) is 27.7 Å². The summed E-state index contributed by atoms with van der Waals surface area (Å²) < 4.78 is 22.6. The minimum Gasteiger partial charge on any atom is -0.384 e. The normalized spacial score (nSPS) is 11.4. The monoisotopic (exact) mass is 311 g/mol. The van der Waals surface area contributed by atoms with Crippen molar-refractivity contribution in [1.82, 2.24) is 0 Å². The van der Waals surface area contributed by atoms with Gasteiger partial charge < -0.3 is 5.32 Å². The molecule has 1 rings (SSSR count). The fourth-order valence-corrected chi connectivity index (χ4v) is 1.89. The van der Waals surface area contributed by atoms with Gasteiger partial charge in [0.05, 0.1) is 10.8 Å². The fourth-order valence-electron chi connectivity index (χ4n) is 0.987. The van der Waals surface area contributed by atoms with Gasteiger partial charge in [0.15, 0.2) is 0 Å². The summed E-state index contributed by atoms with van der Waals surface area (Å²) in [4.78, 5) is 0. The molecule has 0 aliphatic rings. The van der Waals surface area contributed by atoms with Crippen LogP contribution in [0, 0.1) is 0 Å². The van der Waals surface area contributed by atoms with Crippen molar-refractivity contribution in [2.45, 2.75) is 0 Å². The lowest BCUT2D eigenvalue weighted by Crippen LogP contribution is -2.13. The standard InChI is InChI=1S/C9H11BrClNO2S/c1-15(13,14)5-4-12-7-2-3-8(10)9(11)6-7/h2-3,6,12H,4-5H2,1H3. The Labute approximate surface area is 103 Å². The second-order valence-corrected chi connectivity index (χ2v) is 6.71. The minimum absolute atomic E-state index is 0.112. The number of hydrogen-bond donors (Lipinski definition) is 1. The molecule has 0 aromatic heterocycles. The summed E-state index contributed by atoms with van der Waals surface area (Å²) in [5.41, 5.74) is 0.812. The van der Waals surface area contributed by atoms with E-state index in [9.17, 15) is 8.42 Å². The SMILES string of the molecule is CS(=O)(=O)CCNc1ccc(Br)c(Cl)c1. The van der Waals surface area contributed by atoms with Gasteiger partial charge in [0.1, 0.15) is 9.84 Å². The maximum absolute atomic E-state index is 10.9. The molecule has 6 heteroatoms. The molecule has 3 nitrogen and oxygen atoms in total. The lowest BCUT2D eigenvalue weighted by atomic mass is 10.3. The molecule has 0 saturated carbocycles. The highest BCUT2D eigenvalue weighted by atomic mass is 79.9. The molecule has 1 aromatic carbocycles. The first-order valence-corrected chi connectivity index (χ1v) is 7.48. The molecule has 0 bridgehead atoms. The van der Waals surface area contributed by atoms with Crippen LogP contribution in [0.2, 0.25) is 5.02 Å². The molecule has 0 heterocycles. The van der Waals surface area contributed by atoms with Gasteiger partial charge in [-0.05, 0) is 34.1 Å². The molecule has 0 atom stereocenters. The molecule has 1 N–H and O–H groups in total. The van der Waals surface area contributed by atoms with Crippen molar-refractivity contribution in [3.63, 3.8) is 0 Å². The maximum Gasteiger partial charge on any atom is 0.149 e. The highest BCUT2D eigenvalue weighted by Crippen LogP contribution is 2.25. The molecule has 15 heavy (non-hydrogen) atoms. The van der Waals surface area contributed by atoms with E-state index in [-0.39, 0.29) is 5.75 Å². The average Bonchev–Trinajstić information content (AvgIpc) is 2.09. The Balaban J connectivity index is 2.55. The van der Waals surface area contributed by atoms with E-state index in [0.717, 1.165) is 10.2 Å². The van der Waals surface area contributed by atoms with Crippen molar-refractivity contribution in [2.24, 2.45) is 0 Å². The van der Waals surface area contributed by atoms with Crippen molar-refractivity contribution in [3.8, 4) is 0 Å². The molecule has 0 saturated heterocycles. The number of rotatable bonds is 4. The smallest absolute Gasteiger partial charge is 0.149 e. The summed E-state index contributed by atoms with van der Waals surface area (Å²) in [6.45, 7) is 0.386. The second-order valence-electron chi connectivity index (χ2n) is 3.19. The van der Waals surface area contributed by atoms with E-state index >= 15 is 0 Å². The molecule has 84 valence electrons. The average molecular weight is 313 g/mol. The summed E-state index contributed by atoms with van der Waals surface area (Å²) in [5, 5.41) is 3.58. The van der Waals surface area contributed by atoms with E-state index in [4.69, 9.17) is 11.6 Å². The zero-order chi connectivity index (χ0) is 11.5. The van der Waals surface area contributed by atoms with Gasteiger partial charge in [0.25, 0.3) is 0 Å². The van der Waals surface area contributed by atoms with Gasteiger partial charge in [-0.25, -0.2) is 8.42 Å². The van der Waals surface area contributed by atoms with Gasteiger partial charge in [0.2, 0.25) is 0 Å². The Kier molecular flexibility index (Phi) is 4.43. The molecule has 0 spiro atoms. The van der Waals surface area contributed by atoms with E-state index in [1.807, 2.05) is 12.1 Å². The zero-order valence-corrected chi connectivity index (χ0v) is 11.3. The third-order valence-electron chi connectivity index (χ3n) is 1.72. The molecule has 0 fully saturated rings. The number of halogens is 2. The predicted molar refractivity (Wildman–Crippen MR) is 67.4 cm³/mol. The summed E-state index contributed by atoms with van der Waals surface area (Å²) in [7, 11) is -2.92. The highest BCUT2D eigenvalue weighted by molar-refractivity contribution is 9.10.